The summed E-state index contributed by atoms with van der Waals surface area (Å²) in [6.07, 6.45) is 0.371. The monoisotopic (exact) mass is 436 g/mol. The van der Waals surface area contributed by atoms with E-state index in [0.29, 0.717) is 36.5 Å². The largest absolute Gasteiger partial charge is 0.481 e. The molecule has 2 aromatic carbocycles. The fourth-order valence-corrected chi connectivity index (χ4v) is 4.82. The van der Waals surface area contributed by atoms with E-state index in [1.165, 1.54) is 19.2 Å². The number of benzene rings is 2. The van der Waals surface area contributed by atoms with E-state index in [0.717, 1.165) is 10.9 Å². The summed E-state index contributed by atoms with van der Waals surface area (Å²) in [5.74, 6) is 0.101. The van der Waals surface area contributed by atoms with E-state index in [2.05, 4.69) is 15.8 Å². The zero-order valence-electron chi connectivity index (χ0n) is 16.8. The fraction of sp³-hybridized carbons (Fsp3) is 0.227. The van der Waals surface area contributed by atoms with Gasteiger partial charge in [-0.1, -0.05) is 18.2 Å². The van der Waals surface area contributed by atoms with E-state index in [1.807, 2.05) is 6.07 Å². The Morgan fingerprint density at radius 1 is 1.23 bits per heavy atom. The van der Waals surface area contributed by atoms with Gasteiger partial charge in [-0.3, -0.25) is 4.79 Å². The molecule has 1 saturated heterocycles. The van der Waals surface area contributed by atoms with Crippen LogP contribution in [0.15, 0.2) is 59.5 Å². The van der Waals surface area contributed by atoms with Crippen molar-refractivity contribution in [3.63, 3.8) is 0 Å². The van der Waals surface area contributed by atoms with Gasteiger partial charge >= 0.3 is 0 Å². The zero-order valence-corrected chi connectivity index (χ0v) is 17.6. The summed E-state index contributed by atoms with van der Waals surface area (Å²) < 4.78 is 33.4. The number of aromatic nitrogens is 1. The SMILES string of the molecule is COc1ccc2ccc(S(=O)(=O)N[C@H]3CCN(Cc4cccc(C#N)c4)C3=O)cc2n1. The van der Waals surface area contributed by atoms with Crippen molar-refractivity contribution in [1.82, 2.24) is 14.6 Å². The molecule has 158 valence electrons. The number of rotatable bonds is 6. The molecule has 0 spiro atoms. The molecule has 1 fully saturated rings. The second-order valence-electron chi connectivity index (χ2n) is 7.24. The van der Waals surface area contributed by atoms with Gasteiger partial charge < -0.3 is 9.64 Å². The van der Waals surface area contributed by atoms with Crippen molar-refractivity contribution in [2.24, 2.45) is 0 Å². The number of methoxy groups -OCH3 is 1. The molecule has 1 aliphatic rings. The molecule has 2 heterocycles. The van der Waals surface area contributed by atoms with Crippen molar-refractivity contribution in [3.8, 4) is 11.9 Å². The maximum Gasteiger partial charge on any atom is 0.241 e. The Balaban J connectivity index is 1.50. The van der Waals surface area contributed by atoms with Crippen LogP contribution in [-0.2, 0) is 21.4 Å². The highest BCUT2D eigenvalue weighted by Crippen LogP contribution is 2.22. The first kappa shape index (κ1) is 20.8. The van der Waals surface area contributed by atoms with E-state index in [9.17, 15) is 13.2 Å². The van der Waals surface area contributed by atoms with Crippen molar-refractivity contribution in [2.75, 3.05) is 13.7 Å². The fourth-order valence-electron chi connectivity index (χ4n) is 3.58. The van der Waals surface area contributed by atoms with Crippen LogP contribution in [0.1, 0.15) is 17.5 Å². The summed E-state index contributed by atoms with van der Waals surface area (Å²) in [5, 5.41) is 9.81. The highest BCUT2D eigenvalue weighted by Gasteiger charge is 2.35. The summed E-state index contributed by atoms with van der Waals surface area (Å²) in [6, 6.07) is 16.4. The molecular weight excluding hydrogens is 416 g/mol. The number of nitriles is 1. The van der Waals surface area contributed by atoms with Crippen LogP contribution in [-0.4, -0.2) is 43.9 Å². The summed E-state index contributed by atoms with van der Waals surface area (Å²) in [6.45, 7) is 0.756. The lowest BCUT2D eigenvalue weighted by Gasteiger charge is -2.17. The molecule has 1 amide bonds. The van der Waals surface area contributed by atoms with E-state index in [1.54, 1.807) is 41.3 Å². The molecule has 0 radical (unpaired) electrons. The van der Waals surface area contributed by atoms with E-state index in [4.69, 9.17) is 10.00 Å². The molecule has 0 bridgehead atoms. The predicted octanol–water partition coefficient (Wildman–Crippen LogP) is 2.19. The Morgan fingerprint density at radius 2 is 2.03 bits per heavy atom. The number of nitrogens with one attached hydrogen (secondary N) is 1. The number of likely N-dealkylation sites (tertiary alicyclic amines) is 1. The Labute approximate surface area is 180 Å². The molecule has 1 aromatic heterocycles. The molecule has 1 atom stereocenters. The number of nitrogens with zero attached hydrogens (tertiary/aromatic N) is 3. The zero-order chi connectivity index (χ0) is 22.0. The highest BCUT2D eigenvalue weighted by atomic mass is 32.2. The van der Waals surface area contributed by atoms with Gasteiger partial charge in [0.1, 0.15) is 6.04 Å². The minimum absolute atomic E-state index is 0.0359. The molecule has 8 nitrogen and oxygen atoms in total. The summed E-state index contributed by atoms with van der Waals surface area (Å²) >= 11 is 0. The number of amides is 1. The molecule has 1 aliphatic heterocycles. The molecular formula is C22H20N4O4S. The van der Waals surface area contributed by atoms with Crippen LogP contribution < -0.4 is 9.46 Å². The van der Waals surface area contributed by atoms with E-state index in [-0.39, 0.29) is 10.8 Å². The van der Waals surface area contributed by atoms with Crippen molar-refractivity contribution >= 4 is 26.8 Å². The lowest BCUT2D eigenvalue weighted by Crippen LogP contribution is -2.41. The average molecular weight is 436 g/mol. The number of hydrogen-bond acceptors (Lipinski definition) is 6. The van der Waals surface area contributed by atoms with Crippen molar-refractivity contribution in [2.45, 2.75) is 23.9 Å². The topological polar surface area (TPSA) is 112 Å². The highest BCUT2D eigenvalue weighted by molar-refractivity contribution is 7.89. The van der Waals surface area contributed by atoms with E-state index < -0.39 is 16.1 Å². The second kappa shape index (κ2) is 8.34. The third kappa shape index (κ3) is 4.35. The molecule has 31 heavy (non-hydrogen) atoms. The van der Waals surface area contributed by atoms with Gasteiger partial charge in [-0.2, -0.15) is 9.98 Å². The first-order valence-corrected chi connectivity index (χ1v) is 11.1. The third-order valence-electron chi connectivity index (χ3n) is 5.18. The quantitative estimate of drug-likeness (QED) is 0.634. The van der Waals surface area contributed by atoms with Crippen molar-refractivity contribution in [3.05, 3.63) is 65.7 Å². The van der Waals surface area contributed by atoms with Gasteiger partial charge in [-0.05, 0) is 42.3 Å². The van der Waals surface area contributed by atoms with Crippen LogP contribution in [0.5, 0.6) is 5.88 Å². The van der Waals surface area contributed by atoms with Crippen LogP contribution in [0, 0.1) is 11.3 Å². The first-order valence-electron chi connectivity index (χ1n) is 9.64. The standard InChI is InChI=1S/C22H20N4O4S/c1-30-21-8-6-17-5-7-18(12-20(17)24-21)31(28,29)25-19-9-10-26(22(19)27)14-16-4-2-3-15(11-16)13-23/h2-8,11-12,19,25H,9-10,14H2,1H3/t19-/m0/s1. The normalized spacial score (nSPS) is 16.5. The summed E-state index contributed by atoms with van der Waals surface area (Å²) in [5.41, 5.74) is 1.83. The number of hydrogen-bond donors (Lipinski definition) is 1. The number of ether oxygens (including phenoxy) is 1. The lowest BCUT2D eigenvalue weighted by atomic mass is 10.1. The van der Waals surface area contributed by atoms with Gasteiger partial charge in [0.15, 0.2) is 0 Å². The van der Waals surface area contributed by atoms with Crippen molar-refractivity contribution < 1.29 is 17.9 Å². The van der Waals surface area contributed by atoms with Crippen LogP contribution in [0.3, 0.4) is 0 Å². The van der Waals surface area contributed by atoms with Crippen LogP contribution in [0.25, 0.3) is 10.9 Å². The number of fused-ring (bicyclic) bond motifs is 1. The molecule has 3 aromatic rings. The Morgan fingerprint density at radius 3 is 2.81 bits per heavy atom. The Bertz CT molecular complexity index is 1300. The van der Waals surface area contributed by atoms with Crippen LogP contribution in [0.4, 0.5) is 0 Å². The number of carbonyl (C=O) groups excluding carboxylic acids is 1. The molecule has 1 N–H and O–H groups in total. The molecule has 9 heteroatoms. The van der Waals surface area contributed by atoms with Gasteiger partial charge in [-0.15, -0.1) is 0 Å². The number of pyridine rings is 1. The first-order chi connectivity index (χ1) is 14.9. The number of carbonyl (C=O) groups is 1. The van der Waals surface area contributed by atoms with Gasteiger partial charge in [0.25, 0.3) is 0 Å². The second-order valence-corrected chi connectivity index (χ2v) is 8.96. The van der Waals surface area contributed by atoms with Gasteiger partial charge in [0.2, 0.25) is 21.8 Å². The van der Waals surface area contributed by atoms with Gasteiger partial charge in [-0.25, -0.2) is 13.4 Å². The molecule has 0 aliphatic carbocycles. The van der Waals surface area contributed by atoms with Crippen LogP contribution in [0.2, 0.25) is 0 Å². The molecule has 0 unspecified atom stereocenters. The van der Waals surface area contributed by atoms with Crippen LogP contribution >= 0.6 is 0 Å². The third-order valence-corrected chi connectivity index (χ3v) is 6.65. The average Bonchev–Trinajstić information content (AvgIpc) is 3.11. The minimum atomic E-state index is -3.92. The summed E-state index contributed by atoms with van der Waals surface area (Å²) in [7, 11) is -2.43. The van der Waals surface area contributed by atoms with E-state index >= 15 is 0 Å². The maximum absolute atomic E-state index is 12.9. The molecule has 0 saturated carbocycles. The maximum atomic E-state index is 12.9. The smallest absolute Gasteiger partial charge is 0.241 e. The minimum Gasteiger partial charge on any atom is -0.481 e. The van der Waals surface area contributed by atoms with Crippen molar-refractivity contribution in [1.29, 1.82) is 5.26 Å². The summed E-state index contributed by atoms with van der Waals surface area (Å²) in [4.78, 5) is 18.7. The van der Waals surface area contributed by atoms with Gasteiger partial charge in [0, 0.05) is 24.5 Å². The van der Waals surface area contributed by atoms with Gasteiger partial charge in [0.05, 0.1) is 29.2 Å². The Hall–Kier alpha value is -3.48. The predicted molar refractivity (Wildman–Crippen MR) is 114 cm³/mol. The number of sulfonamides is 1. The lowest BCUT2D eigenvalue weighted by molar-refractivity contribution is -0.129. The molecule has 4 rings (SSSR count). The Kier molecular flexibility index (Phi) is 5.59.